The number of aryl methyl sites for hydroxylation is 1. The van der Waals surface area contributed by atoms with Crippen molar-refractivity contribution in [2.24, 2.45) is 0 Å². The van der Waals surface area contributed by atoms with Crippen LogP contribution in [0.15, 0.2) is 54.6 Å². The van der Waals surface area contributed by atoms with E-state index in [0.717, 1.165) is 51.6 Å². The second-order valence-corrected chi connectivity index (χ2v) is 9.36. The molecule has 0 spiro atoms. The van der Waals surface area contributed by atoms with E-state index in [1.807, 2.05) is 35.2 Å². The molecular weight excluding hydrogens is 474 g/mol. The van der Waals surface area contributed by atoms with Gasteiger partial charge in [0.1, 0.15) is 0 Å². The monoisotopic (exact) mass is 509 g/mol. The highest BCUT2D eigenvalue weighted by Crippen LogP contribution is 2.16. The van der Waals surface area contributed by atoms with Gasteiger partial charge in [0.05, 0.1) is 6.61 Å². The van der Waals surface area contributed by atoms with E-state index in [9.17, 15) is 14.4 Å². The summed E-state index contributed by atoms with van der Waals surface area (Å²) in [5.41, 5.74) is 2.45. The predicted octanol–water partition coefficient (Wildman–Crippen LogP) is 4.86. The lowest BCUT2D eigenvalue weighted by atomic mass is 10.1. The van der Waals surface area contributed by atoms with Crippen LogP contribution in [0.4, 0.5) is 5.69 Å². The Balaban J connectivity index is 1.32. The van der Waals surface area contributed by atoms with Gasteiger partial charge in [-0.3, -0.25) is 14.4 Å². The Hall–Kier alpha value is -3.26. The molecule has 36 heavy (non-hydrogen) atoms. The van der Waals surface area contributed by atoms with Gasteiger partial charge in [0, 0.05) is 37.2 Å². The summed E-state index contributed by atoms with van der Waals surface area (Å²) in [4.78, 5) is 38.9. The van der Waals surface area contributed by atoms with Crippen LogP contribution in [0.25, 0.3) is 0 Å². The van der Waals surface area contributed by atoms with Crippen LogP contribution in [-0.2, 0) is 20.7 Å². The minimum atomic E-state index is -0.303. The summed E-state index contributed by atoms with van der Waals surface area (Å²) in [5.74, 6) is -0.564. The van der Waals surface area contributed by atoms with E-state index in [-0.39, 0.29) is 35.7 Å². The van der Waals surface area contributed by atoms with E-state index < -0.39 is 0 Å². The molecule has 8 heteroatoms. The molecule has 0 radical (unpaired) electrons. The van der Waals surface area contributed by atoms with Crippen molar-refractivity contribution in [1.82, 2.24) is 10.2 Å². The summed E-state index contributed by atoms with van der Waals surface area (Å²) in [5, 5.41) is 5.75. The number of nitrogens with zero attached hydrogens (tertiary/aromatic N) is 1. The first-order valence-corrected chi connectivity index (χ1v) is 13.1. The van der Waals surface area contributed by atoms with Gasteiger partial charge < -0.3 is 20.3 Å². The van der Waals surface area contributed by atoms with E-state index >= 15 is 0 Å². The van der Waals surface area contributed by atoms with Crippen molar-refractivity contribution in [2.45, 2.75) is 57.8 Å². The number of anilines is 1. The van der Waals surface area contributed by atoms with Crippen molar-refractivity contribution in [2.75, 3.05) is 25.0 Å². The molecule has 2 amide bonds. The number of benzene rings is 2. The molecule has 2 aromatic carbocycles. The highest BCUT2D eigenvalue weighted by molar-refractivity contribution is 7.80. The minimum Gasteiger partial charge on any atom is -0.466 e. The molecule has 1 aliphatic rings. The molecule has 0 bridgehead atoms. The van der Waals surface area contributed by atoms with Gasteiger partial charge >= 0.3 is 5.97 Å². The Kier molecular flexibility index (Phi) is 11.4. The fourth-order valence-corrected chi connectivity index (χ4v) is 4.34. The molecule has 1 heterocycles. The number of thiocarbonyl (C=S) groups is 1. The van der Waals surface area contributed by atoms with Crippen LogP contribution in [0, 0.1) is 0 Å². The Labute approximate surface area is 218 Å². The van der Waals surface area contributed by atoms with Gasteiger partial charge in [0.2, 0.25) is 5.91 Å². The molecule has 0 saturated carbocycles. The van der Waals surface area contributed by atoms with E-state index in [0.29, 0.717) is 24.3 Å². The highest BCUT2D eigenvalue weighted by Gasteiger charge is 2.17. The topological polar surface area (TPSA) is 87.7 Å². The fraction of sp³-hybridized carbons (Fsp3) is 0.429. The normalized spacial score (nSPS) is 13.4. The van der Waals surface area contributed by atoms with Crippen LogP contribution in [0.2, 0.25) is 0 Å². The molecule has 7 nitrogen and oxygen atoms in total. The summed E-state index contributed by atoms with van der Waals surface area (Å²) in [6.45, 7) is 1.94. The van der Waals surface area contributed by atoms with E-state index in [1.165, 1.54) is 5.56 Å². The predicted molar refractivity (Wildman–Crippen MR) is 145 cm³/mol. The third kappa shape index (κ3) is 9.77. The van der Waals surface area contributed by atoms with Crippen LogP contribution in [0.3, 0.4) is 0 Å². The number of amides is 2. The molecule has 3 rings (SSSR count). The molecule has 2 N–H and O–H groups in total. The Morgan fingerprint density at radius 2 is 1.64 bits per heavy atom. The zero-order valence-electron chi connectivity index (χ0n) is 20.7. The van der Waals surface area contributed by atoms with Crippen LogP contribution < -0.4 is 10.6 Å². The molecule has 0 unspecified atom stereocenters. The Morgan fingerprint density at radius 1 is 0.889 bits per heavy atom. The third-order valence-electron chi connectivity index (χ3n) is 6.01. The van der Waals surface area contributed by atoms with Gasteiger partial charge in [-0.15, -0.1) is 0 Å². The highest BCUT2D eigenvalue weighted by atomic mass is 32.1. The lowest BCUT2D eigenvalue weighted by molar-refractivity contribution is -0.143. The van der Waals surface area contributed by atoms with Crippen LogP contribution in [0.5, 0.6) is 0 Å². The first-order valence-electron chi connectivity index (χ1n) is 12.7. The molecule has 1 saturated heterocycles. The SMILES string of the molecule is O=C(CCCC(=O)OCCCc1ccccc1)NC(=S)Nc1cccc(C(=O)N2CCCCCC2)c1. The lowest BCUT2D eigenvalue weighted by Crippen LogP contribution is -2.34. The zero-order valence-corrected chi connectivity index (χ0v) is 21.5. The molecule has 0 aliphatic carbocycles. The number of rotatable bonds is 10. The standard InChI is InChI=1S/C28H35N3O4S/c32-25(16-9-17-26(33)35-20-10-13-22-11-4-3-5-12-22)30-28(36)29-24-15-8-14-23(21-24)27(34)31-18-6-1-2-7-19-31/h3-5,8,11-12,14-15,21H,1-2,6-7,9-10,13,16-20H2,(H2,29,30,32,36). The summed E-state index contributed by atoms with van der Waals surface area (Å²) >= 11 is 5.25. The Bertz CT molecular complexity index is 1020. The molecule has 0 atom stereocenters. The smallest absolute Gasteiger partial charge is 0.305 e. The average molecular weight is 510 g/mol. The van der Waals surface area contributed by atoms with Crippen molar-refractivity contribution < 1.29 is 19.1 Å². The van der Waals surface area contributed by atoms with Crippen LogP contribution in [-0.4, -0.2) is 47.5 Å². The van der Waals surface area contributed by atoms with Crippen molar-refractivity contribution in [3.05, 3.63) is 65.7 Å². The van der Waals surface area contributed by atoms with Gasteiger partial charge in [-0.05, 0) is 68.1 Å². The maximum atomic E-state index is 12.8. The van der Waals surface area contributed by atoms with Gasteiger partial charge in [0.15, 0.2) is 5.11 Å². The van der Waals surface area contributed by atoms with E-state index in [4.69, 9.17) is 17.0 Å². The number of hydrogen-bond acceptors (Lipinski definition) is 5. The molecule has 1 aliphatic heterocycles. The van der Waals surface area contributed by atoms with Gasteiger partial charge in [-0.25, -0.2) is 0 Å². The molecule has 2 aromatic rings. The molecule has 192 valence electrons. The number of ether oxygens (including phenoxy) is 1. The van der Waals surface area contributed by atoms with Crippen molar-refractivity contribution >= 4 is 40.8 Å². The second-order valence-electron chi connectivity index (χ2n) is 8.95. The molecular formula is C28H35N3O4S. The molecule has 1 fully saturated rings. The van der Waals surface area contributed by atoms with Gasteiger partial charge in [-0.2, -0.15) is 0 Å². The zero-order chi connectivity index (χ0) is 25.6. The number of hydrogen-bond donors (Lipinski definition) is 2. The molecule has 0 aromatic heterocycles. The van der Waals surface area contributed by atoms with Gasteiger partial charge in [0.25, 0.3) is 5.91 Å². The number of likely N-dealkylation sites (tertiary alicyclic amines) is 1. The average Bonchev–Trinajstić information content (AvgIpc) is 3.16. The minimum absolute atomic E-state index is 0.0162. The van der Waals surface area contributed by atoms with Gasteiger partial charge in [-0.1, -0.05) is 49.2 Å². The van der Waals surface area contributed by atoms with Crippen molar-refractivity contribution in [3.8, 4) is 0 Å². The summed E-state index contributed by atoms with van der Waals surface area (Å²) in [6.07, 6.45) is 6.74. The number of esters is 1. The second kappa shape index (κ2) is 15.0. The summed E-state index contributed by atoms with van der Waals surface area (Å²) < 4.78 is 5.25. The van der Waals surface area contributed by atoms with Crippen molar-refractivity contribution in [3.63, 3.8) is 0 Å². The van der Waals surface area contributed by atoms with E-state index in [2.05, 4.69) is 10.6 Å². The summed E-state index contributed by atoms with van der Waals surface area (Å²) in [6, 6.07) is 17.2. The maximum Gasteiger partial charge on any atom is 0.305 e. The third-order valence-corrected chi connectivity index (χ3v) is 6.22. The first kappa shape index (κ1) is 27.3. The first-order chi connectivity index (χ1) is 17.5. The maximum absolute atomic E-state index is 12.8. The quantitative estimate of drug-likeness (QED) is 0.270. The van der Waals surface area contributed by atoms with E-state index in [1.54, 1.807) is 24.3 Å². The lowest BCUT2D eigenvalue weighted by Gasteiger charge is -2.20. The number of carbonyl (C=O) groups is 3. The number of carbonyl (C=O) groups excluding carboxylic acids is 3. The largest absolute Gasteiger partial charge is 0.466 e. The fourth-order valence-electron chi connectivity index (χ4n) is 4.11. The van der Waals surface area contributed by atoms with Crippen LogP contribution >= 0.6 is 12.2 Å². The summed E-state index contributed by atoms with van der Waals surface area (Å²) in [7, 11) is 0. The van der Waals surface area contributed by atoms with Crippen LogP contribution in [0.1, 0.15) is 67.3 Å². The Morgan fingerprint density at radius 3 is 2.39 bits per heavy atom. The number of nitrogens with one attached hydrogen (secondary N) is 2. The van der Waals surface area contributed by atoms with Crippen molar-refractivity contribution in [1.29, 1.82) is 0 Å².